The zero-order chi connectivity index (χ0) is 13.7. The largest absolute Gasteiger partial charge is 0.388 e. The summed E-state index contributed by atoms with van der Waals surface area (Å²) >= 11 is 1.63. The summed E-state index contributed by atoms with van der Waals surface area (Å²) in [5, 5.41) is 9.33. The minimum absolute atomic E-state index is 0.216. The number of hydrogen-bond acceptors (Lipinski definition) is 5. The van der Waals surface area contributed by atoms with Gasteiger partial charge in [-0.25, -0.2) is 4.98 Å². The highest BCUT2D eigenvalue weighted by Crippen LogP contribution is 2.13. The van der Waals surface area contributed by atoms with Crippen LogP contribution < -0.4 is 5.73 Å². The van der Waals surface area contributed by atoms with Crippen molar-refractivity contribution in [1.29, 1.82) is 5.41 Å². The van der Waals surface area contributed by atoms with Crippen LogP contribution in [0.4, 0.5) is 0 Å². The lowest BCUT2D eigenvalue weighted by molar-refractivity contribution is 0.145. The van der Waals surface area contributed by atoms with Gasteiger partial charge in [-0.1, -0.05) is 0 Å². The molecule has 3 N–H and O–H groups in total. The van der Waals surface area contributed by atoms with Crippen LogP contribution in [0.1, 0.15) is 12.1 Å². The van der Waals surface area contributed by atoms with Crippen molar-refractivity contribution in [2.75, 3.05) is 26.8 Å². The molecule has 0 radical (unpaired) electrons. The third-order valence-corrected chi connectivity index (χ3v) is 3.61. The molecule has 0 aliphatic heterocycles. The molecule has 19 heavy (non-hydrogen) atoms. The summed E-state index contributed by atoms with van der Waals surface area (Å²) in [7, 11) is 1.69. The number of methoxy groups -OCH3 is 1. The molecular weight excluding hydrogens is 262 g/mol. The monoisotopic (exact) mass is 281 g/mol. The number of nitrogens with two attached hydrogens (primary N) is 1. The molecule has 6 nitrogen and oxygen atoms in total. The van der Waals surface area contributed by atoms with Gasteiger partial charge in [0.2, 0.25) is 0 Å². The summed E-state index contributed by atoms with van der Waals surface area (Å²) in [4.78, 5) is 7.78. The Kier molecular flexibility index (Phi) is 4.89. The molecule has 2 heterocycles. The number of nitrogens with one attached hydrogen (secondary N) is 1. The quantitative estimate of drug-likeness (QED) is 0.562. The van der Waals surface area contributed by atoms with Gasteiger partial charge in [0.15, 0.2) is 4.96 Å². The summed E-state index contributed by atoms with van der Waals surface area (Å²) in [6, 6.07) is 0. The molecule has 2 rings (SSSR count). The highest BCUT2D eigenvalue weighted by Gasteiger charge is 2.10. The molecule has 7 heteroatoms. The highest BCUT2D eigenvalue weighted by atomic mass is 32.1. The molecule has 0 saturated heterocycles. The first-order valence-electron chi connectivity index (χ1n) is 6.14. The van der Waals surface area contributed by atoms with Crippen molar-refractivity contribution in [3.63, 3.8) is 0 Å². The van der Waals surface area contributed by atoms with Crippen LogP contribution >= 0.6 is 11.3 Å². The lowest BCUT2D eigenvalue weighted by atomic mass is 10.3. The van der Waals surface area contributed by atoms with Crippen LogP contribution in [-0.4, -0.2) is 46.9 Å². The molecule has 0 fully saturated rings. The third-order valence-electron chi connectivity index (χ3n) is 2.84. The Morgan fingerprint density at radius 3 is 3.11 bits per heavy atom. The Morgan fingerprint density at radius 2 is 2.42 bits per heavy atom. The summed E-state index contributed by atoms with van der Waals surface area (Å²) in [6.07, 6.45) is 4.62. The molecule has 104 valence electrons. The Morgan fingerprint density at radius 1 is 1.58 bits per heavy atom. The summed E-state index contributed by atoms with van der Waals surface area (Å²) in [5.41, 5.74) is 6.45. The van der Waals surface area contributed by atoms with Crippen LogP contribution in [0.25, 0.3) is 4.96 Å². The predicted octanol–water partition coefficient (Wildman–Crippen LogP) is 1.17. The summed E-state index contributed by atoms with van der Waals surface area (Å²) in [5.74, 6) is 0.216. The molecule has 0 saturated carbocycles. The van der Waals surface area contributed by atoms with E-state index in [0.717, 1.165) is 30.3 Å². The zero-order valence-corrected chi connectivity index (χ0v) is 11.8. The van der Waals surface area contributed by atoms with Gasteiger partial charge < -0.3 is 10.5 Å². The highest BCUT2D eigenvalue weighted by molar-refractivity contribution is 7.15. The van der Waals surface area contributed by atoms with E-state index in [-0.39, 0.29) is 5.84 Å². The lowest BCUT2D eigenvalue weighted by Gasteiger charge is -2.20. The smallest absolute Gasteiger partial charge is 0.193 e. The first kappa shape index (κ1) is 14.0. The Hall–Kier alpha value is -1.44. The number of thiazole rings is 1. The van der Waals surface area contributed by atoms with Crippen LogP contribution in [0.3, 0.4) is 0 Å². The molecule has 0 atom stereocenters. The molecule has 2 aromatic heterocycles. The van der Waals surface area contributed by atoms with Gasteiger partial charge in [-0.15, -0.1) is 11.3 Å². The fourth-order valence-electron chi connectivity index (χ4n) is 1.85. The molecule has 0 aliphatic rings. The first-order valence-corrected chi connectivity index (χ1v) is 7.02. The van der Waals surface area contributed by atoms with Crippen LogP contribution in [0.5, 0.6) is 0 Å². The van der Waals surface area contributed by atoms with Gasteiger partial charge in [-0.2, -0.15) is 0 Å². The number of fused-ring (bicyclic) bond motifs is 1. The van der Waals surface area contributed by atoms with E-state index in [1.54, 1.807) is 18.4 Å². The van der Waals surface area contributed by atoms with Crippen molar-refractivity contribution >= 4 is 22.1 Å². The summed E-state index contributed by atoms with van der Waals surface area (Å²) < 4.78 is 7.14. The maximum atomic E-state index is 7.31. The number of nitrogens with zero attached hydrogens (tertiary/aromatic N) is 3. The number of hydrogen-bond donors (Lipinski definition) is 2. The van der Waals surface area contributed by atoms with Gasteiger partial charge in [0.25, 0.3) is 0 Å². The minimum Gasteiger partial charge on any atom is -0.388 e. The maximum Gasteiger partial charge on any atom is 0.193 e. The van der Waals surface area contributed by atoms with Crippen molar-refractivity contribution in [3.05, 3.63) is 23.5 Å². The summed E-state index contributed by atoms with van der Waals surface area (Å²) in [6.45, 7) is 2.99. The number of amidine groups is 1. The van der Waals surface area contributed by atoms with E-state index >= 15 is 0 Å². The van der Waals surface area contributed by atoms with Gasteiger partial charge in [-0.05, 0) is 0 Å². The van der Waals surface area contributed by atoms with Crippen molar-refractivity contribution < 1.29 is 4.74 Å². The van der Waals surface area contributed by atoms with Crippen LogP contribution in [0, 0.1) is 5.41 Å². The Labute approximate surface area is 116 Å². The van der Waals surface area contributed by atoms with Gasteiger partial charge >= 0.3 is 0 Å². The standard InChI is InChI=1S/C12H19N5OS/c1-18-6-4-16(3-2-11(13)14)8-10-9-17-5-7-19-12(17)15-10/h5,7,9H,2-4,6,8H2,1H3,(H3,13,14). The SMILES string of the molecule is COCCN(CCC(=N)N)Cc1cn2ccsc2n1. The van der Waals surface area contributed by atoms with E-state index < -0.39 is 0 Å². The normalized spacial score (nSPS) is 11.5. The van der Waals surface area contributed by atoms with Crippen LogP contribution in [-0.2, 0) is 11.3 Å². The van der Waals surface area contributed by atoms with Gasteiger partial charge in [0.1, 0.15) is 0 Å². The molecule has 0 unspecified atom stereocenters. The minimum atomic E-state index is 0.216. The first-order chi connectivity index (χ1) is 9.19. The van der Waals surface area contributed by atoms with E-state index in [4.69, 9.17) is 15.9 Å². The molecule has 0 aromatic carbocycles. The van der Waals surface area contributed by atoms with E-state index in [2.05, 4.69) is 9.88 Å². The fraction of sp³-hybridized carbons (Fsp3) is 0.500. The molecule has 0 aliphatic carbocycles. The zero-order valence-electron chi connectivity index (χ0n) is 11.0. The van der Waals surface area contributed by atoms with Gasteiger partial charge in [0, 0.05) is 50.9 Å². The Balaban J connectivity index is 1.97. The molecule has 0 bridgehead atoms. The molecule has 0 amide bonds. The van der Waals surface area contributed by atoms with Gasteiger partial charge in [0.05, 0.1) is 18.1 Å². The van der Waals surface area contributed by atoms with E-state index in [9.17, 15) is 0 Å². The predicted molar refractivity (Wildman–Crippen MR) is 76.8 cm³/mol. The Bertz CT molecular complexity index is 506. The van der Waals surface area contributed by atoms with Crippen molar-refractivity contribution in [2.45, 2.75) is 13.0 Å². The van der Waals surface area contributed by atoms with Crippen molar-refractivity contribution in [1.82, 2.24) is 14.3 Å². The number of rotatable bonds is 8. The van der Waals surface area contributed by atoms with Gasteiger partial charge in [-0.3, -0.25) is 14.7 Å². The average Bonchev–Trinajstić information content (AvgIpc) is 2.93. The van der Waals surface area contributed by atoms with E-state index in [1.165, 1.54) is 0 Å². The van der Waals surface area contributed by atoms with Crippen LogP contribution in [0.15, 0.2) is 17.8 Å². The molecular formula is C12H19N5OS. The molecule has 2 aromatic rings. The van der Waals surface area contributed by atoms with E-state index in [1.807, 2.05) is 22.2 Å². The fourth-order valence-corrected chi connectivity index (χ4v) is 2.57. The van der Waals surface area contributed by atoms with Crippen molar-refractivity contribution in [3.8, 4) is 0 Å². The second kappa shape index (κ2) is 6.65. The average molecular weight is 281 g/mol. The van der Waals surface area contributed by atoms with E-state index in [0.29, 0.717) is 13.0 Å². The lowest BCUT2D eigenvalue weighted by Crippen LogP contribution is -2.30. The second-order valence-electron chi connectivity index (χ2n) is 4.37. The third kappa shape index (κ3) is 4.02. The molecule has 0 spiro atoms. The number of ether oxygens (including phenoxy) is 1. The number of imidazole rings is 1. The topological polar surface area (TPSA) is 79.6 Å². The second-order valence-corrected chi connectivity index (χ2v) is 5.24. The number of aromatic nitrogens is 2. The van der Waals surface area contributed by atoms with Crippen LogP contribution in [0.2, 0.25) is 0 Å². The van der Waals surface area contributed by atoms with Crippen molar-refractivity contribution in [2.24, 2.45) is 5.73 Å². The maximum absolute atomic E-state index is 7.31.